The Morgan fingerprint density at radius 2 is 1.71 bits per heavy atom. The highest BCUT2D eigenvalue weighted by atomic mass is 32.2. The van der Waals surface area contributed by atoms with Crippen LogP contribution >= 0.6 is 11.8 Å². The second kappa shape index (κ2) is 11.8. The van der Waals surface area contributed by atoms with Crippen molar-refractivity contribution in [1.82, 2.24) is 14.8 Å². The van der Waals surface area contributed by atoms with E-state index in [9.17, 15) is 4.79 Å². The molecule has 1 aliphatic heterocycles. The first-order valence-corrected chi connectivity index (χ1v) is 12.8. The minimum atomic E-state index is -0.126. The number of benzene rings is 2. The van der Waals surface area contributed by atoms with Gasteiger partial charge >= 0.3 is 0 Å². The summed E-state index contributed by atoms with van der Waals surface area (Å²) in [6.07, 6.45) is 3.55. The molecule has 1 fully saturated rings. The number of hydrogen-bond donors (Lipinski definition) is 1. The minimum absolute atomic E-state index is 0.126. The van der Waals surface area contributed by atoms with Crippen molar-refractivity contribution in [3.63, 3.8) is 0 Å². The maximum Gasteiger partial charge on any atom is 0.234 e. The third-order valence-electron chi connectivity index (χ3n) is 5.43. The fraction of sp³-hybridized carbons (Fsp3) is 0.400. The number of aromatic nitrogens is 3. The van der Waals surface area contributed by atoms with Crippen molar-refractivity contribution in [2.24, 2.45) is 0 Å². The van der Waals surface area contributed by atoms with Gasteiger partial charge in [-0.25, -0.2) is 0 Å². The van der Waals surface area contributed by atoms with Gasteiger partial charge < -0.3 is 19.7 Å². The molecule has 0 radical (unpaired) electrons. The summed E-state index contributed by atoms with van der Waals surface area (Å²) in [5.74, 6) is 2.20. The number of nitrogens with one attached hydrogen (secondary N) is 1. The highest BCUT2D eigenvalue weighted by Gasteiger charge is 2.22. The molecule has 0 aliphatic carbocycles. The summed E-state index contributed by atoms with van der Waals surface area (Å²) < 4.78 is 13.3. The number of nitrogens with zero attached hydrogens (tertiary/aromatic N) is 4. The summed E-state index contributed by atoms with van der Waals surface area (Å²) in [5.41, 5.74) is 1.65. The maximum absolute atomic E-state index is 12.8. The molecule has 1 amide bonds. The lowest BCUT2D eigenvalue weighted by atomic mass is 10.1. The number of anilines is 2. The molecule has 2 aromatic carbocycles. The van der Waals surface area contributed by atoms with Gasteiger partial charge in [-0.2, -0.15) is 0 Å². The van der Waals surface area contributed by atoms with Crippen molar-refractivity contribution < 1.29 is 14.3 Å². The number of piperidine rings is 1. The van der Waals surface area contributed by atoms with Gasteiger partial charge in [-0.05, 0) is 57.4 Å². The zero-order valence-electron chi connectivity index (χ0n) is 19.7. The highest BCUT2D eigenvalue weighted by Crippen LogP contribution is 2.31. The Bertz CT molecular complexity index is 1080. The molecule has 1 N–H and O–H groups in total. The van der Waals surface area contributed by atoms with Gasteiger partial charge in [0, 0.05) is 24.8 Å². The summed E-state index contributed by atoms with van der Waals surface area (Å²) in [5, 5.41) is 12.6. The van der Waals surface area contributed by atoms with E-state index in [0.717, 1.165) is 37.6 Å². The Morgan fingerprint density at radius 1 is 0.971 bits per heavy atom. The third-order valence-corrected chi connectivity index (χ3v) is 6.36. The van der Waals surface area contributed by atoms with Gasteiger partial charge in [-0.15, -0.1) is 10.2 Å². The van der Waals surface area contributed by atoms with Gasteiger partial charge in [0.2, 0.25) is 11.9 Å². The van der Waals surface area contributed by atoms with Crippen molar-refractivity contribution in [2.45, 2.75) is 38.3 Å². The summed E-state index contributed by atoms with van der Waals surface area (Å²) in [6, 6.07) is 15.5. The molecule has 3 aromatic rings. The maximum atomic E-state index is 12.8. The van der Waals surface area contributed by atoms with Crippen LogP contribution in [-0.4, -0.2) is 52.7 Å². The van der Waals surface area contributed by atoms with E-state index >= 15 is 0 Å². The first-order valence-electron chi connectivity index (χ1n) is 11.8. The van der Waals surface area contributed by atoms with Gasteiger partial charge in [0.25, 0.3) is 0 Å². The van der Waals surface area contributed by atoms with Crippen LogP contribution in [0.3, 0.4) is 0 Å². The minimum Gasteiger partial charge on any atom is -0.490 e. The molecule has 180 valence electrons. The summed E-state index contributed by atoms with van der Waals surface area (Å²) in [7, 11) is 0. The van der Waals surface area contributed by atoms with Crippen LogP contribution < -0.4 is 19.7 Å². The molecule has 0 atom stereocenters. The Hall–Kier alpha value is -3.20. The normalized spacial score (nSPS) is 13.5. The van der Waals surface area contributed by atoms with Gasteiger partial charge in [-0.1, -0.05) is 30.0 Å². The van der Waals surface area contributed by atoms with Gasteiger partial charge in [0.15, 0.2) is 16.7 Å². The van der Waals surface area contributed by atoms with Gasteiger partial charge in [0.05, 0.1) is 24.7 Å². The molecular formula is C25H31N5O3S. The Balaban J connectivity index is 1.47. The molecule has 4 rings (SSSR count). The standard InChI is InChI=1S/C25H31N5O3S/c1-3-32-21-14-13-19(17-22(21)33-4-2)26-23(31)18-34-25-28-27-24(29-15-9-6-10-16-29)30(25)20-11-7-5-8-12-20/h5,7-8,11-14,17H,3-4,6,9-10,15-16,18H2,1-2H3,(H,26,31). The number of hydrogen-bond acceptors (Lipinski definition) is 7. The van der Waals surface area contributed by atoms with Crippen LogP contribution in [0.1, 0.15) is 33.1 Å². The second-order valence-electron chi connectivity index (χ2n) is 7.87. The SMILES string of the molecule is CCOc1ccc(NC(=O)CSc2nnc(N3CCCCC3)n2-c2ccccc2)cc1OCC. The first kappa shape index (κ1) is 23.9. The summed E-state index contributed by atoms with van der Waals surface area (Å²) >= 11 is 1.37. The van der Waals surface area contributed by atoms with E-state index in [1.54, 1.807) is 6.07 Å². The smallest absolute Gasteiger partial charge is 0.234 e. The van der Waals surface area contributed by atoms with Crippen LogP contribution in [0.5, 0.6) is 11.5 Å². The number of rotatable bonds is 10. The average Bonchev–Trinajstić information content (AvgIpc) is 3.30. The van der Waals surface area contributed by atoms with E-state index in [4.69, 9.17) is 9.47 Å². The molecule has 2 heterocycles. The number of para-hydroxylation sites is 1. The van der Waals surface area contributed by atoms with Crippen molar-refractivity contribution >= 4 is 29.3 Å². The monoisotopic (exact) mass is 481 g/mol. The number of carbonyl (C=O) groups excluding carboxylic acids is 1. The fourth-order valence-corrected chi connectivity index (χ4v) is 4.66. The molecular weight excluding hydrogens is 450 g/mol. The van der Waals surface area contributed by atoms with Crippen molar-refractivity contribution in [3.05, 3.63) is 48.5 Å². The molecule has 0 saturated carbocycles. The topological polar surface area (TPSA) is 81.5 Å². The predicted molar refractivity (Wildman–Crippen MR) is 136 cm³/mol. The summed E-state index contributed by atoms with van der Waals surface area (Å²) in [4.78, 5) is 15.0. The molecule has 0 unspecified atom stereocenters. The quantitative estimate of drug-likeness (QED) is 0.417. The van der Waals surface area contributed by atoms with Crippen molar-refractivity contribution in [1.29, 1.82) is 0 Å². The lowest BCUT2D eigenvalue weighted by molar-refractivity contribution is -0.113. The Kier molecular flexibility index (Phi) is 8.30. The van der Waals surface area contributed by atoms with Crippen LogP contribution in [0.15, 0.2) is 53.7 Å². The average molecular weight is 482 g/mol. The van der Waals surface area contributed by atoms with Gasteiger partial charge in [-0.3, -0.25) is 9.36 Å². The van der Waals surface area contributed by atoms with Crippen LogP contribution in [-0.2, 0) is 4.79 Å². The largest absolute Gasteiger partial charge is 0.490 e. The number of carbonyl (C=O) groups is 1. The molecule has 0 bridgehead atoms. The fourth-order valence-electron chi connectivity index (χ4n) is 3.91. The molecule has 8 nitrogen and oxygen atoms in total. The van der Waals surface area contributed by atoms with Crippen LogP contribution in [0.2, 0.25) is 0 Å². The van der Waals surface area contributed by atoms with E-state index in [1.165, 1.54) is 18.2 Å². The zero-order valence-corrected chi connectivity index (χ0v) is 20.5. The number of amides is 1. The number of thioether (sulfide) groups is 1. The Labute approximate surface area is 204 Å². The van der Waals surface area contributed by atoms with E-state index in [2.05, 4.69) is 20.4 Å². The van der Waals surface area contributed by atoms with Crippen LogP contribution in [0.25, 0.3) is 5.69 Å². The lowest BCUT2D eigenvalue weighted by Crippen LogP contribution is -2.31. The van der Waals surface area contributed by atoms with E-state index in [0.29, 0.717) is 35.6 Å². The summed E-state index contributed by atoms with van der Waals surface area (Å²) in [6.45, 7) is 6.84. The lowest BCUT2D eigenvalue weighted by Gasteiger charge is -2.27. The zero-order chi connectivity index (χ0) is 23.8. The molecule has 34 heavy (non-hydrogen) atoms. The van der Waals surface area contributed by atoms with Crippen LogP contribution in [0, 0.1) is 0 Å². The van der Waals surface area contributed by atoms with E-state index < -0.39 is 0 Å². The third kappa shape index (κ3) is 5.83. The van der Waals surface area contributed by atoms with Crippen molar-refractivity contribution in [2.75, 3.05) is 42.3 Å². The second-order valence-corrected chi connectivity index (χ2v) is 8.81. The molecule has 1 aromatic heterocycles. The van der Waals surface area contributed by atoms with E-state index in [1.807, 2.05) is 60.9 Å². The molecule has 0 spiro atoms. The van der Waals surface area contributed by atoms with Gasteiger partial charge in [0.1, 0.15) is 0 Å². The molecule has 1 aliphatic rings. The first-order chi connectivity index (χ1) is 16.7. The molecule has 9 heteroatoms. The Morgan fingerprint density at radius 3 is 2.44 bits per heavy atom. The van der Waals surface area contributed by atoms with Crippen molar-refractivity contribution in [3.8, 4) is 17.2 Å². The van der Waals surface area contributed by atoms with E-state index in [-0.39, 0.29) is 11.7 Å². The van der Waals surface area contributed by atoms with Crippen LogP contribution in [0.4, 0.5) is 11.6 Å². The predicted octanol–water partition coefficient (Wildman–Crippen LogP) is 4.79. The number of ether oxygens (including phenoxy) is 2. The molecule has 1 saturated heterocycles. The highest BCUT2D eigenvalue weighted by molar-refractivity contribution is 7.99.